The third-order valence-corrected chi connectivity index (χ3v) is 4.49. The maximum atomic E-state index is 12.3. The average Bonchev–Trinajstić information content (AvgIpc) is 3.40. The molecule has 0 aliphatic carbocycles. The monoisotopic (exact) mass is 408 g/mol. The highest BCUT2D eigenvalue weighted by Crippen LogP contribution is 2.27. The van der Waals surface area contributed by atoms with Crippen molar-refractivity contribution in [3.8, 4) is 11.4 Å². The van der Waals surface area contributed by atoms with Crippen molar-refractivity contribution in [2.75, 3.05) is 10.6 Å². The summed E-state index contributed by atoms with van der Waals surface area (Å²) in [6, 6.07) is 16.2. The summed E-state index contributed by atoms with van der Waals surface area (Å²) in [6.45, 7) is 2.27. The van der Waals surface area contributed by atoms with E-state index in [-0.39, 0.29) is 18.2 Å². The van der Waals surface area contributed by atoms with E-state index in [1.807, 2.05) is 31.2 Å². The van der Waals surface area contributed by atoms with Crippen molar-refractivity contribution >= 4 is 28.9 Å². The van der Waals surface area contributed by atoms with Crippen LogP contribution in [0.5, 0.6) is 0 Å². The van der Waals surface area contributed by atoms with Crippen LogP contribution in [0.1, 0.15) is 22.0 Å². The molecule has 2 N–H and O–H groups in total. The van der Waals surface area contributed by atoms with Gasteiger partial charge in [-0.15, -0.1) is 0 Å². The van der Waals surface area contributed by atoms with Crippen LogP contribution in [-0.2, 0) is 6.54 Å². The highest BCUT2D eigenvalue weighted by molar-refractivity contribution is 6.31. The molecule has 2 heterocycles. The third-order valence-electron chi connectivity index (χ3n) is 4.26. The molecule has 0 radical (unpaired) electrons. The van der Waals surface area contributed by atoms with Gasteiger partial charge >= 0.3 is 0 Å². The molecule has 0 unspecified atom stereocenters. The number of aryl methyl sites for hydroxylation is 1. The summed E-state index contributed by atoms with van der Waals surface area (Å²) < 4.78 is 10.5. The number of benzene rings is 2. The highest BCUT2D eigenvalue weighted by Gasteiger charge is 2.14. The molecule has 7 nitrogen and oxygen atoms in total. The number of nitrogens with zero attached hydrogens (tertiary/aromatic N) is 2. The molecule has 0 fully saturated rings. The maximum absolute atomic E-state index is 12.3. The van der Waals surface area contributed by atoms with Crippen molar-refractivity contribution < 1.29 is 13.7 Å². The lowest BCUT2D eigenvalue weighted by molar-refractivity contribution is 0.0996. The largest absolute Gasteiger partial charge is 0.459 e. The van der Waals surface area contributed by atoms with Crippen molar-refractivity contribution in [3.05, 3.63) is 83.1 Å². The number of rotatable bonds is 6. The van der Waals surface area contributed by atoms with E-state index in [0.29, 0.717) is 28.1 Å². The van der Waals surface area contributed by atoms with Gasteiger partial charge in [0.15, 0.2) is 5.76 Å². The minimum atomic E-state index is -0.375. The second-order valence-corrected chi connectivity index (χ2v) is 6.74. The van der Waals surface area contributed by atoms with Gasteiger partial charge in [-0.25, -0.2) is 0 Å². The molecular weight excluding hydrogens is 392 g/mol. The summed E-state index contributed by atoms with van der Waals surface area (Å²) in [5, 5.41) is 10.5. The van der Waals surface area contributed by atoms with Gasteiger partial charge in [0.25, 0.3) is 5.91 Å². The van der Waals surface area contributed by atoms with E-state index in [1.54, 1.807) is 30.3 Å². The fourth-order valence-electron chi connectivity index (χ4n) is 2.80. The Morgan fingerprint density at radius 3 is 2.76 bits per heavy atom. The lowest BCUT2D eigenvalue weighted by Crippen LogP contribution is -2.13. The average molecular weight is 409 g/mol. The zero-order valence-corrected chi connectivity index (χ0v) is 16.2. The second kappa shape index (κ2) is 8.20. The van der Waals surface area contributed by atoms with Gasteiger partial charge in [0.2, 0.25) is 11.7 Å². The molecule has 2 aromatic heterocycles. The lowest BCUT2D eigenvalue weighted by atomic mass is 10.1. The van der Waals surface area contributed by atoms with Crippen molar-refractivity contribution in [1.29, 1.82) is 0 Å². The van der Waals surface area contributed by atoms with Crippen LogP contribution < -0.4 is 10.6 Å². The molecule has 4 rings (SSSR count). The Hall–Kier alpha value is -3.58. The molecule has 29 heavy (non-hydrogen) atoms. The number of aromatic nitrogens is 2. The Morgan fingerprint density at radius 2 is 1.97 bits per heavy atom. The van der Waals surface area contributed by atoms with Gasteiger partial charge in [-0.3, -0.25) is 4.79 Å². The van der Waals surface area contributed by atoms with Crippen LogP contribution in [0.15, 0.2) is 69.8 Å². The number of carbonyl (C=O) groups is 1. The molecule has 0 spiro atoms. The molecule has 0 saturated carbocycles. The lowest BCUT2D eigenvalue weighted by Gasteiger charge is -2.12. The van der Waals surface area contributed by atoms with Gasteiger partial charge in [0.05, 0.1) is 24.2 Å². The summed E-state index contributed by atoms with van der Waals surface area (Å²) in [4.78, 5) is 16.7. The van der Waals surface area contributed by atoms with Gasteiger partial charge in [0.1, 0.15) is 0 Å². The van der Waals surface area contributed by atoms with Gasteiger partial charge in [-0.05, 0) is 42.8 Å². The van der Waals surface area contributed by atoms with E-state index in [0.717, 1.165) is 11.1 Å². The van der Waals surface area contributed by atoms with E-state index in [1.165, 1.54) is 6.26 Å². The highest BCUT2D eigenvalue weighted by atomic mass is 35.5. The van der Waals surface area contributed by atoms with Crippen LogP contribution >= 0.6 is 11.6 Å². The van der Waals surface area contributed by atoms with Crippen LogP contribution in [-0.4, -0.2) is 16.0 Å². The molecule has 8 heteroatoms. The SMILES string of the molecule is Cc1ccccc1-c1noc(CNc2ccc(Cl)cc2NC(=O)c2ccco2)n1. The number of nitrogens with one attached hydrogen (secondary N) is 2. The predicted octanol–water partition coefficient (Wildman–Crippen LogP) is 5.16. The van der Waals surface area contributed by atoms with Gasteiger partial charge in [0, 0.05) is 10.6 Å². The van der Waals surface area contributed by atoms with E-state index >= 15 is 0 Å². The number of amides is 1. The number of hydrogen-bond donors (Lipinski definition) is 2. The summed E-state index contributed by atoms with van der Waals surface area (Å²) >= 11 is 6.08. The van der Waals surface area contributed by atoms with Gasteiger partial charge in [-0.2, -0.15) is 4.98 Å². The van der Waals surface area contributed by atoms with Crippen molar-refractivity contribution in [2.45, 2.75) is 13.5 Å². The molecule has 1 amide bonds. The number of furan rings is 1. The number of carbonyl (C=O) groups excluding carboxylic acids is 1. The summed E-state index contributed by atoms with van der Waals surface area (Å²) in [7, 11) is 0. The van der Waals surface area contributed by atoms with Crippen molar-refractivity contribution in [1.82, 2.24) is 10.1 Å². The van der Waals surface area contributed by atoms with Gasteiger partial charge < -0.3 is 19.6 Å². The third kappa shape index (κ3) is 4.30. The molecule has 4 aromatic rings. The molecule has 0 bridgehead atoms. The van der Waals surface area contributed by atoms with Crippen molar-refractivity contribution in [2.24, 2.45) is 0 Å². The van der Waals surface area contributed by atoms with Crippen LogP contribution in [0, 0.1) is 6.92 Å². The number of hydrogen-bond acceptors (Lipinski definition) is 6. The Labute approximate surface area is 171 Å². The van der Waals surface area contributed by atoms with Crippen LogP contribution in [0.25, 0.3) is 11.4 Å². The maximum Gasteiger partial charge on any atom is 0.291 e. The van der Waals surface area contributed by atoms with Gasteiger partial charge in [-0.1, -0.05) is 41.0 Å². The fraction of sp³-hybridized carbons (Fsp3) is 0.0952. The summed E-state index contributed by atoms with van der Waals surface area (Å²) in [6.07, 6.45) is 1.44. The minimum Gasteiger partial charge on any atom is -0.459 e. The molecule has 2 aromatic carbocycles. The first-order valence-corrected chi connectivity index (χ1v) is 9.25. The molecular formula is C21H17ClN4O3. The quantitative estimate of drug-likeness (QED) is 0.458. The minimum absolute atomic E-state index is 0.204. The number of anilines is 2. The molecule has 0 saturated heterocycles. The zero-order valence-electron chi connectivity index (χ0n) is 15.5. The van der Waals surface area contributed by atoms with E-state index in [4.69, 9.17) is 20.5 Å². The Bertz CT molecular complexity index is 1140. The van der Waals surface area contributed by atoms with Crippen LogP contribution in [0.3, 0.4) is 0 Å². The topological polar surface area (TPSA) is 93.2 Å². The van der Waals surface area contributed by atoms with E-state index < -0.39 is 0 Å². The molecule has 0 aliphatic heterocycles. The van der Waals surface area contributed by atoms with E-state index in [2.05, 4.69) is 20.8 Å². The smallest absolute Gasteiger partial charge is 0.291 e. The summed E-state index contributed by atoms with van der Waals surface area (Å²) in [5.74, 6) is 0.777. The zero-order chi connectivity index (χ0) is 20.2. The second-order valence-electron chi connectivity index (χ2n) is 6.30. The van der Waals surface area contributed by atoms with Crippen LogP contribution in [0.2, 0.25) is 5.02 Å². The summed E-state index contributed by atoms with van der Waals surface area (Å²) in [5.41, 5.74) is 3.15. The normalized spacial score (nSPS) is 10.7. The first-order valence-electron chi connectivity index (χ1n) is 8.87. The molecule has 146 valence electrons. The Morgan fingerprint density at radius 1 is 1.10 bits per heavy atom. The van der Waals surface area contributed by atoms with Crippen LogP contribution in [0.4, 0.5) is 11.4 Å². The molecule has 0 aliphatic rings. The standard InChI is InChI=1S/C21H17ClN4O3/c1-13-5-2-3-6-15(13)20-25-19(29-26-20)12-23-16-9-8-14(22)11-17(16)24-21(27)18-7-4-10-28-18/h2-11,23H,12H2,1H3,(H,24,27). The molecule has 0 atom stereocenters. The fourth-order valence-corrected chi connectivity index (χ4v) is 2.97. The van der Waals surface area contributed by atoms with E-state index in [9.17, 15) is 4.79 Å². The first kappa shape index (κ1) is 18.8. The Kier molecular flexibility index (Phi) is 5.31. The first-order chi connectivity index (χ1) is 14.1. The predicted molar refractivity (Wildman–Crippen MR) is 110 cm³/mol. The number of halogens is 1. The Balaban J connectivity index is 1.49. The van der Waals surface area contributed by atoms with Crippen molar-refractivity contribution in [3.63, 3.8) is 0 Å².